The molecule has 2 N–H and O–H groups in total. The average molecular weight is 493 g/mol. The van der Waals surface area contributed by atoms with Crippen LogP contribution in [0.15, 0.2) is 48.5 Å². The third kappa shape index (κ3) is 9.91. The van der Waals surface area contributed by atoms with Crippen molar-refractivity contribution in [3.8, 4) is 0 Å². The zero-order chi connectivity index (χ0) is 24.2. The van der Waals surface area contributed by atoms with Crippen molar-refractivity contribution in [2.45, 2.75) is 24.5 Å². The summed E-state index contributed by atoms with van der Waals surface area (Å²) >= 11 is 2.69. The van der Waals surface area contributed by atoms with Crippen LogP contribution in [0.5, 0.6) is 0 Å². The molecule has 33 heavy (non-hydrogen) atoms. The third-order valence-corrected chi connectivity index (χ3v) is 6.27. The molecule has 176 valence electrons. The van der Waals surface area contributed by atoms with E-state index in [-0.39, 0.29) is 47.3 Å². The van der Waals surface area contributed by atoms with Crippen molar-refractivity contribution in [3.05, 3.63) is 79.9 Å². The molecule has 0 aromatic heterocycles. The summed E-state index contributed by atoms with van der Waals surface area (Å²) in [5.74, 6) is 0.965. The van der Waals surface area contributed by atoms with Crippen molar-refractivity contribution in [1.82, 2.24) is 10.6 Å². The van der Waals surface area contributed by atoms with Crippen molar-refractivity contribution in [2.75, 3.05) is 18.1 Å². The van der Waals surface area contributed by atoms with Gasteiger partial charge in [0.05, 0.1) is 21.4 Å². The molecule has 2 aromatic rings. The van der Waals surface area contributed by atoms with Crippen molar-refractivity contribution in [3.63, 3.8) is 0 Å². The lowest BCUT2D eigenvalue weighted by Crippen LogP contribution is -2.42. The van der Waals surface area contributed by atoms with Gasteiger partial charge in [-0.2, -0.15) is 0 Å². The zero-order valence-corrected chi connectivity index (χ0v) is 19.5. The smallest absolute Gasteiger partial charge is 0.269 e. The number of non-ortho nitro benzene ring substituents is 2. The van der Waals surface area contributed by atoms with Gasteiger partial charge in [-0.1, -0.05) is 24.3 Å². The van der Waals surface area contributed by atoms with Crippen LogP contribution in [0.2, 0.25) is 0 Å². The number of hydrogen-bond donors (Lipinski definition) is 2. The minimum atomic E-state index is -0.456. The van der Waals surface area contributed by atoms with E-state index < -0.39 is 9.85 Å². The van der Waals surface area contributed by atoms with Gasteiger partial charge in [0.2, 0.25) is 11.8 Å². The summed E-state index contributed by atoms with van der Waals surface area (Å²) in [4.78, 5) is 44.8. The normalized spacial score (nSPS) is 11.4. The first-order chi connectivity index (χ1) is 15.7. The Hall–Kier alpha value is -3.12. The number of benzene rings is 2. The summed E-state index contributed by atoms with van der Waals surface area (Å²) in [6.07, 6.45) is 0. The number of amides is 2. The fourth-order valence-corrected chi connectivity index (χ4v) is 4.32. The van der Waals surface area contributed by atoms with Crippen LogP contribution in [0.25, 0.3) is 0 Å². The molecule has 0 saturated carbocycles. The summed E-state index contributed by atoms with van der Waals surface area (Å²) in [5.41, 5.74) is 1.57. The molecule has 0 radical (unpaired) electrons. The Morgan fingerprint density at radius 2 is 1.36 bits per heavy atom. The van der Waals surface area contributed by atoms with E-state index in [4.69, 9.17) is 0 Å². The Kier molecular flexibility index (Phi) is 10.6. The van der Waals surface area contributed by atoms with Crippen LogP contribution in [0, 0.1) is 20.2 Å². The fraction of sp³-hybridized carbons (Fsp3) is 0.333. The maximum Gasteiger partial charge on any atom is 0.269 e. The molecule has 0 unspecified atom stereocenters. The van der Waals surface area contributed by atoms with Crippen LogP contribution in [0.1, 0.15) is 18.1 Å². The fourth-order valence-electron chi connectivity index (χ4n) is 2.73. The standard InChI is InChI=1S/C21H24N4O6S2/c1-15(23-21(27)14-33-12-17-5-3-7-19(9-17)25(30)31)10-22-20(26)13-32-11-16-4-2-6-18(8-16)24(28)29/h2-9,15H,10-14H2,1H3,(H,22,26)(H,23,27)/t15-/m1/s1. The third-order valence-electron chi connectivity index (χ3n) is 4.26. The van der Waals surface area contributed by atoms with Crippen LogP contribution < -0.4 is 10.6 Å². The van der Waals surface area contributed by atoms with Gasteiger partial charge in [-0.05, 0) is 18.1 Å². The van der Waals surface area contributed by atoms with E-state index in [0.29, 0.717) is 11.5 Å². The summed E-state index contributed by atoms with van der Waals surface area (Å²) in [5, 5.41) is 27.1. The molecule has 2 aromatic carbocycles. The number of thioether (sulfide) groups is 2. The number of carbonyl (C=O) groups excluding carboxylic acids is 2. The first-order valence-corrected chi connectivity index (χ1v) is 12.2. The Labute approximate surface area is 199 Å². The van der Waals surface area contributed by atoms with Gasteiger partial charge in [0.1, 0.15) is 0 Å². The van der Waals surface area contributed by atoms with Crippen molar-refractivity contribution in [1.29, 1.82) is 0 Å². The second-order valence-electron chi connectivity index (χ2n) is 7.11. The maximum absolute atomic E-state index is 12.1. The minimum Gasteiger partial charge on any atom is -0.353 e. The minimum absolute atomic E-state index is 0.0187. The van der Waals surface area contributed by atoms with Gasteiger partial charge in [0.25, 0.3) is 11.4 Å². The Morgan fingerprint density at radius 1 is 0.879 bits per heavy atom. The van der Waals surface area contributed by atoms with E-state index in [1.54, 1.807) is 31.2 Å². The summed E-state index contributed by atoms with van der Waals surface area (Å²) in [7, 11) is 0. The van der Waals surface area contributed by atoms with Crippen molar-refractivity contribution in [2.24, 2.45) is 0 Å². The molecule has 0 aliphatic rings. The number of hydrogen-bond acceptors (Lipinski definition) is 8. The molecule has 0 fully saturated rings. The predicted octanol–water partition coefficient (Wildman–Crippen LogP) is 3.29. The lowest BCUT2D eigenvalue weighted by Gasteiger charge is -2.14. The van der Waals surface area contributed by atoms with Crippen LogP contribution >= 0.6 is 23.5 Å². The molecule has 0 spiro atoms. The van der Waals surface area contributed by atoms with Gasteiger partial charge in [0, 0.05) is 48.4 Å². The highest BCUT2D eigenvalue weighted by Gasteiger charge is 2.11. The van der Waals surface area contributed by atoms with Gasteiger partial charge >= 0.3 is 0 Å². The lowest BCUT2D eigenvalue weighted by molar-refractivity contribution is -0.385. The molecule has 0 aliphatic heterocycles. The molecule has 12 heteroatoms. The molecule has 0 aliphatic carbocycles. The molecule has 1 atom stereocenters. The number of nitrogens with one attached hydrogen (secondary N) is 2. The summed E-state index contributed by atoms with van der Waals surface area (Å²) in [6.45, 7) is 2.05. The summed E-state index contributed by atoms with van der Waals surface area (Å²) in [6, 6.07) is 12.3. The molecule has 0 bridgehead atoms. The molecule has 2 amide bonds. The predicted molar refractivity (Wildman–Crippen MR) is 129 cm³/mol. The highest BCUT2D eigenvalue weighted by Crippen LogP contribution is 2.19. The molecular formula is C21H24N4O6S2. The second kappa shape index (κ2) is 13.4. The van der Waals surface area contributed by atoms with Gasteiger partial charge in [-0.25, -0.2) is 0 Å². The first kappa shape index (κ1) is 26.1. The zero-order valence-electron chi connectivity index (χ0n) is 17.9. The SMILES string of the molecule is C[C@H](CNC(=O)CSCc1cccc([N+](=O)[O-])c1)NC(=O)CSCc1cccc([N+](=O)[O-])c1. The Balaban J connectivity index is 1.61. The molecule has 10 nitrogen and oxygen atoms in total. The van der Waals surface area contributed by atoms with E-state index >= 15 is 0 Å². The number of carbonyl (C=O) groups is 2. The van der Waals surface area contributed by atoms with E-state index in [1.807, 2.05) is 0 Å². The monoisotopic (exact) mass is 492 g/mol. The average Bonchev–Trinajstić information content (AvgIpc) is 2.78. The van der Waals surface area contributed by atoms with E-state index in [9.17, 15) is 29.8 Å². The summed E-state index contributed by atoms with van der Waals surface area (Å²) < 4.78 is 0. The van der Waals surface area contributed by atoms with Gasteiger partial charge < -0.3 is 10.6 Å². The first-order valence-electron chi connectivity index (χ1n) is 9.93. The van der Waals surface area contributed by atoms with Crippen molar-refractivity contribution >= 4 is 46.7 Å². The number of nitro groups is 2. The Bertz CT molecular complexity index is 1000. The topological polar surface area (TPSA) is 144 Å². The number of nitrogens with zero attached hydrogens (tertiary/aromatic N) is 2. The van der Waals surface area contributed by atoms with Gasteiger partial charge in [-0.3, -0.25) is 29.8 Å². The molecule has 0 heterocycles. The largest absolute Gasteiger partial charge is 0.353 e. The lowest BCUT2D eigenvalue weighted by atomic mass is 10.2. The molecular weight excluding hydrogens is 468 g/mol. The van der Waals surface area contributed by atoms with Crippen LogP contribution in [0.4, 0.5) is 11.4 Å². The van der Waals surface area contributed by atoms with Gasteiger partial charge in [-0.15, -0.1) is 23.5 Å². The maximum atomic E-state index is 12.1. The van der Waals surface area contributed by atoms with E-state index in [2.05, 4.69) is 10.6 Å². The van der Waals surface area contributed by atoms with Crippen molar-refractivity contribution < 1.29 is 19.4 Å². The quantitative estimate of drug-likeness (QED) is 0.320. The highest BCUT2D eigenvalue weighted by atomic mass is 32.2. The highest BCUT2D eigenvalue weighted by molar-refractivity contribution is 7.99. The molecule has 2 rings (SSSR count). The van der Waals surface area contributed by atoms with Crippen LogP contribution in [0.3, 0.4) is 0 Å². The van der Waals surface area contributed by atoms with Gasteiger partial charge in [0.15, 0.2) is 0 Å². The number of rotatable bonds is 13. The second-order valence-corrected chi connectivity index (χ2v) is 9.08. The van der Waals surface area contributed by atoms with E-state index in [1.165, 1.54) is 47.8 Å². The van der Waals surface area contributed by atoms with Crippen LogP contribution in [-0.4, -0.2) is 45.8 Å². The molecule has 0 saturated heterocycles. The van der Waals surface area contributed by atoms with Crippen LogP contribution in [-0.2, 0) is 21.1 Å². The van der Waals surface area contributed by atoms with E-state index in [0.717, 1.165) is 11.1 Å². The number of nitro benzene ring substituents is 2. The Morgan fingerprint density at radius 3 is 1.85 bits per heavy atom.